The molecule has 11 N–H and O–H groups in total. The van der Waals surface area contributed by atoms with Gasteiger partial charge in [0.2, 0.25) is 23.6 Å². The molecule has 0 fully saturated rings. The van der Waals surface area contributed by atoms with Crippen molar-refractivity contribution in [2.45, 2.75) is 56.5 Å². The van der Waals surface area contributed by atoms with E-state index in [9.17, 15) is 39.0 Å². The van der Waals surface area contributed by atoms with Crippen LogP contribution < -0.4 is 27.4 Å². The van der Waals surface area contributed by atoms with Gasteiger partial charge in [-0.3, -0.25) is 24.0 Å². The number of rotatable bonds is 14. The molecule has 15 heteroatoms. The van der Waals surface area contributed by atoms with Gasteiger partial charge in [0.15, 0.2) is 6.04 Å². The number of carbonyl (C=O) groups excluding carboxylic acids is 4. The molecule has 0 aromatic carbocycles. The Kier molecular flexibility index (Phi) is 11.7. The molecule has 0 bridgehead atoms. The van der Waals surface area contributed by atoms with Crippen LogP contribution in [0.5, 0.6) is 0 Å². The van der Waals surface area contributed by atoms with Crippen molar-refractivity contribution in [1.82, 2.24) is 16.0 Å². The fourth-order valence-corrected chi connectivity index (χ4v) is 2.20. The normalized spacial score (nSPS) is 15.5. The molecular formula is C16H27N5O10. The standard InChI is InChI=1S/C16H27N5O10/c1-6(23)12(16(30)31)21-14(28)8(4-11(25)26)19-15(29)9(5-22)20-13(27)7(17)2-3-10(18)24/h6-9,12,22-23H,2-5,17H2,1H3,(H2,18,24)(H,19,29)(H,20,27)(H,21,28)(H,25,26)(H,30,31). The van der Waals surface area contributed by atoms with Gasteiger partial charge in [-0.05, 0) is 13.3 Å². The Balaban J connectivity index is 5.23. The lowest BCUT2D eigenvalue weighted by molar-refractivity contribution is -0.146. The number of nitrogens with two attached hydrogens (primary N) is 2. The summed E-state index contributed by atoms with van der Waals surface area (Å²) in [7, 11) is 0. The Bertz CT molecular complexity index is 698. The van der Waals surface area contributed by atoms with E-state index in [4.69, 9.17) is 21.7 Å². The number of carbonyl (C=O) groups is 6. The molecule has 0 rings (SSSR count). The summed E-state index contributed by atoms with van der Waals surface area (Å²) in [5, 5.41) is 42.6. The zero-order valence-corrected chi connectivity index (χ0v) is 16.6. The fourth-order valence-electron chi connectivity index (χ4n) is 2.20. The molecule has 176 valence electrons. The lowest BCUT2D eigenvalue weighted by Crippen LogP contribution is -2.59. The topological polar surface area (TPSA) is 271 Å². The van der Waals surface area contributed by atoms with E-state index in [2.05, 4.69) is 5.32 Å². The van der Waals surface area contributed by atoms with Gasteiger partial charge < -0.3 is 47.8 Å². The van der Waals surface area contributed by atoms with Crippen molar-refractivity contribution in [1.29, 1.82) is 0 Å². The van der Waals surface area contributed by atoms with Gasteiger partial charge in [0.25, 0.3) is 0 Å². The Morgan fingerprint density at radius 3 is 1.84 bits per heavy atom. The largest absolute Gasteiger partial charge is 0.481 e. The van der Waals surface area contributed by atoms with Gasteiger partial charge in [0.05, 0.1) is 25.2 Å². The number of carboxylic acid groups (broad SMARTS) is 2. The molecule has 0 aliphatic rings. The third kappa shape index (κ3) is 10.3. The number of hydrogen-bond acceptors (Lipinski definition) is 9. The molecule has 0 aromatic rings. The van der Waals surface area contributed by atoms with E-state index in [1.54, 1.807) is 0 Å². The lowest BCUT2D eigenvalue weighted by Gasteiger charge is -2.24. The van der Waals surface area contributed by atoms with E-state index >= 15 is 0 Å². The van der Waals surface area contributed by atoms with Gasteiger partial charge in [-0.15, -0.1) is 0 Å². The van der Waals surface area contributed by atoms with E-state index in [-0.39, 0.29) is 12.8 Å². The van der Waals surface area contributed by atoms with Crippen molar-refractivity contribution < 1.29 is 49.2 Å². The summed E-state index contributed by atoms with van der Waals surface area (Å²) >= 11 is 0. The molecule has 0 radical (unpaired) electrons. The minimum absolute atomic E-state index is 0.138. The number of amides is 4. The van der Waals surface area contributed by atoms with E-state index in [1.807, 2.05) is 10.6 Å². The maximum absolute atomic E-state index is 12.3. The molecule has 5 unspecified atom stereocenters. The molecule has 5 atom stereocenters. The van der Waals surface area contributed by atoms with Crippen molar-refractivity contribution in [2.75, 3.05) is 6.61 Å². The van der Waals surface area contributed by atoms with Crippen LogP contribution in [0.2, 0.25) is 0 Å². The van der Waals surface area contributed by atoms with Gasteiger partial charge in [0.1, 0.15) is 12.1 Å². The van der Waals surface area contributed by atoms with Crippen LogP contribution in [0.1, 0.15) is 26.2 Å². The first-order valence-electron chi connectivity index (χ1n) is 8.98. The first-order valence-corrected chi connectivity index (χ1v) is 8.98. The van der Waals surface area contributed by atoms with Crippen LogP contribution in [-0.2, 0) is 28.8 Å². The van der Waals surface area contributed by atoms with Crippen molar-refractivity contribution in [2.24, 2.45) is 11.5 Å². The van der Waals surface area contributed by atoms with Crippen LogP contribution in [0.3, 0.4) is 0 Å². The van der Waals surface area contributed by atoms with E-state index in [1.165, 1.54) is 0 Å². The number of aliphatic hydroxyl groups excluding tert-OH is 2. The molecule has 15 nitrogen and oxygen atoms in total. The highest BCUT2D eigenvalue weighted by molar-refractivity contribution is 5.95. The number of aliphatic carboxylic acids is 2. The maximum atomic E-state index is 12.3. The lowest BCUT2D eigenvalue weighted by atomic mass is 10.1. The molecule has 0 spiro atoms. The van der Waals surface area contributed by atoms with Gasteiger partial charge in [-0.2, -0.15) is 0 Å². The fraction of sp³-hybridized carbons (Fsp3) is 0.625. The summed E-state index contributed by atoms with van der Waals surface area (Å²) in [5.41, 5.74) is 10.5. The predicted octanol–water partition coefficient (Wildman–Crippen LogP) is -5.03. The van der Waals surface area contributed by atoms with Crippen LogP contribution in [0.4, 0.5) is 0 Å². The third-order valence-electron chi connectivity index (χ3n) is 3.91. The smallest absolute Gasteiger partial charge is 0.328 e. The maximum Gasteiger partial charge on any atom is 0.328 e. The first-order chi connectivity index (χ1) is 14.3. The second-order valence-electron chi connectivity index (χ2n) is 6.58. The highest BCUT2D eigenvalue weighted by Crippen LogP contribution is 2.00. The molecule has 0 heterocycles. The molecule has 0 saturated carbocycles. The summed E-state index contributed by atoms with van der Waals surface area (Å²) in [5.74, 6) is -7.15. The second kappa shape index (κ2) is 13.1. The van der Waals surface area contributed by atoms with Gasteiger partial charge in [-0.1, -0.05) is 0 Å². The molecule has 4 amide bonds. The molecule has 0 aliphatic carbocycles. The van der Waals surface area contributed by atoms with Crippen LogP contribution in [-0.4, -0.2) is 92.9 Å². The highest BCUT2D eigenvalue weighted by Gasteiger charge is 2.32. The molecule has 0 saturated heterocycles. The van der Waals surface area contributed by atoms with E-state index in [0.717, 1.165) is 6.92 Å². The van der Waals surface area contributed by atoms with Gasteiger partial charge >= 0.3 is 11.9 Å². The van der Waals surface area contributed by atoms with Crippen LogP contribution in [0.15, 0.2) is 0 Å². The summed E-state index contributed by atoms with van der Waals surface area (Å²) in [6.45, 7) is 0.121. The van der Waals surface area contributed by atoms with E-state index < -0.39 is 78.9 Å². The summed E-state index contributed by atoms with van der Waals surface area (Å²) in [6, 6.07) is -6.45. The minimum atomic E-state index is -1.79. The number of primary amides is 1. The van der Waals surface area contributed by atoms with Crippen LogP contribution in [0.25, 0.3) is 0 Å². The summed E-state index contributed by atoms with van der Waals surface area (Å²) in [6.07, 6.45) is -2.84. The second-order valence-corrected chi connectivity index (χ2v) is 6.58. The Morgan fingerprint density at radius 2 is 1.42 bits per heavy atom. The Morgan fingerprint density at radius 1 is 0.903 bits per heavy atom. The van der Waals surface area contributed by atoms with Gasteiger partial charge in [-0.25, -0.2) is 4.79 Å². The summed E-state index contributed by atoms with van der Waals surface area (Å²) < 4.78 is 0. The van der Waals surface area contributed by atoms with Crippen molar-refractivity contribution in [3.8, 4) is 0 Å². The average Bonchev–Trinajstić information content (AvgIpc) is 2.66. The molecular weight excluding hydrogens is 422 g/mol. The monoisotopic (exact) mass is 449 g/mol. The molecule has 0 aromatic heterocycles. The number of carboxylic acids is 2. The predicted molar refractivity (Wildman–Crippen MR) is 101 cm³/mol. The third-order valence-corrected chi connectivity index (χ3v) is 3.91. The molecule has 0 aliphatic heterocycles. The van der Waals surface area contributed by atoms with Crippen molar-refractivity contribution in [3.05, 3.63) is 0 Å². The Labute approximate surface area is 176 Å². The zero-order chi connectivity index (χ0) is 24.3. The van der Waals surface area contributed by atoms with Crippen molar-refractivity contribution in [3.63, 3.8) is 0 Å². The van der Waals surface area contributed by atoms with Gasteiger partial charge in [0, 0.05) is 6.42 Å². The number of hydrogen-bond donors (Lipinski definition) is 9. The minimum Gasteiger partial charge on any atom is -0.481 e. The van der Waals surface area contributed by atoms with Crippen LogP contribution in [0, 0.1) is 0 Å². The molecule has 31 heavy (non-hydrogen) atoms. The zero-order valence-electron chi connectivity index (χ0n) is 16.6. The van der Waals surface area contributed by atoms with E-state index in [0.29, 0.717) is 0 Å². The van der Waals surface area contributed by atoms with Crippen LogP contribution >= 0.6 is 0 Å². The summed E-state index contributed by atoms with van der Waals surface area (Å²) in [4.78, 5) is 69.4. The SMILES string of the molecule is CC(O)C(NC(=O)C(CC(=O)O)NC(=O)C(CO)NC(=O)C(N)CCC(N)=O)C(=O)O. The number of nitrogens with one attached hydrogen (secondary N) is 3. The average molecular weight is 449 g/mol. The highest BCUT2D eigenvalue weighted by atomic mass is 16.4. The first kappa shape index (κ1) is 27.7. The number of aliphatic hydroxyl groups is 2. The van der Waals surface area contributed by atoms with Crippen molar-refractivity contribution >= 4 is 35.6 Å². The Hall–Kier alpha value is -3.30. The quantitative estimate of drug-likeness (QED) is 0.121.